The Hall–Kier alpha value is -4.60. The number of aromatic nitrogens is 1. The monoisotopic (exact) mass is 506 g/mol. The molecule has 2 aromatic carbocycles. The fraction of sp³-hybridized carbons (Fsp3) is 0.222. The minimum Gasteiger partial charge on any atom is -0.484 e. The van der Waals surface area contributed by atoms with Gasteiger partial charge in [-0.15, -0.1) is 0 Å². The topological polar surface area (TPSA) is 126 Å². The van der Waals surface area contributed by atoms with E-state index < -0.39 is 48.0 Å². The van der Waals surface area contributed by atoms with Gasteiger partial charge >= 0.3 is 0 Å². The van der Waals surface area contributed by atoms with Crippen LogP contribution in [0.1, 0.15) is 18.2 Å². The van der Waals surface area contributed by atoms with E-state index >= 15 is 0 Å². The predicted molar refractivity (Wildman–Crippen MR) is 133 cm³/mol. The number of hydrogen-bond donors (Lipinski definition) is 3. The number of nitrogens with zero attached hydrogens (tertiary/aromatic N) is 1. The zero-order chi connectivity index (χ0) is 26.6. The zero-order valence-corrected chi connectivity index (χ0v) is 20.1. The van der Waals surface area contributed by atoms with Crippen LogP contribution in [0.25, 0.3) is 0 Å². The molecule has 192 valence electrons. The fourth-order valence-electron chi connectivity index (χ4n) is 3.30. The number of ether oxygens (including phenoxy) is 1. The maximum Gasteiger partial charge on any atom is 0.289 e. The van der Waals surface area contributed by atoms with Crippen molar-refractivity contribution < 1.29 is 28.3 Å². The van der Waals surface area contributed by atoms with Gasteiger partial charge < -0.3 is 20.7 Å². The summed E-state index contributed by atoms with van der Waals surface area (Å²) in [5.41, 5.74) is 1.31. The quantitative estimate of drug-likeness (QED) is 0.321. The summed E-state index contributed by atoms with van der Waals surface area (Å²) >= 11 is 0. The van der Waals surface area contributed by atoms with Crippen molar-refractivity contribution in [2.75, 3.05) is 6.61 Å². The largest absolute Gasteiger partial charge is 0.484 e. The Kier molecular flexibility index (Phi) is 9.83. The van der Waals surface area contributed by atoms with Gasteiger partial charge in [0.1, 0.15) is 23.7 Å². The van der Waals surface area contributed by atoms with E-state index in [4.69, 9.17) is 4.74 Å². The number of halogens is 1. The number of ketones is 1. The second kappa shape index (κ2) is 13.5. The van der Waals surface area contributed by atoms with Gasteiger partial charge in [0.25, 0.3) is 11.8 Å². The number of rotatable bonds is 12. The smallest absolute Gasteiger partial charge is 0.289 e. The van der Waals surface area contributed by atoms with Crippen molar-refractivity contribution in [3.05, 3.63) is 96.1 Å². The Morgan fingerprint density at radius 3 is 2.30 bits per heavy atom. The molecule has 10 heteroatoms. The summed E-state index contributed by atoms with van der Waals surface area (Å²) < 4.78 is 18.3. The van der Waals surface area contributed by atoms with Crippen LogP contribution in [0.15, 0.2) is 79.0 Å². The molecular formula is C27H27FN4O5. The van der Waals surface area contributed by atoms with Crippen molar-refractivity contribution in [1.82, 2.24) is 20.9 Å². The van der Waals surface area contributed by atoms with E-state index in [1.165, 1.54) is 31.2 Å². The molecule has 3 aromatic rings. The molecule has 37 heavy (non-hydrogen) atoms. The molecule has 1 aromatic heterocycles. The number of carbonyl (C=O) groups is 4. The summed E-state index contributed by atoms with van der Waals surface area (Å²) in [5, 5.41) is 7.57. The molecule has 3 N–H and O–H groups in total. The lowest BCUT2D eigenvalue weighted by atomic mass is 10.0. The number of carbonyl (C=O) groups excluding carboxylic acids is 4. The average Bonchev–Trinajstić information content (AvgIpc) is 2.91. The molecule has 0 fully saturated rings. The molecule has 0 radical (unpaired) electrons. The van der Waals surface area contributed by atoms with Crippen molar-refractivity contribution in [2.45, 2.75) is 32.0 Å². The van der Waals surface area contributed by atoms with Gasteiger partial charge in [0.2, 0.25) is 11.7 Å². The molecule has 0 aliphatic carbocycles. The predicted octanol–water partition coefficient (Wildman–Crippen LogP) is 1.72. The van der Waals surface area contributed by atoms with Crippen LogP contribution in [0.3, 0.4) is 0 Å². The standard InChI is InChI=1S/C27H27FN4O5/c1-18(31-24(33)17-37-22-12-10-20(28)11-13-22)26(35)32-23(15-19-7-3-2-4-8-19)25(34)27(36)30-16-21-9-5-6-14-29-21/h2-14,18,23H,15-17H2,1H3,(H,30,36)(H,31,33)(H,32,35)/t18-,23-/m1/s1. The second-order valence-electron chi connectivity index (χ2n) is 8.15. The van der Waals surface area contributed by atoms with E-state index in [1.54, 1.807) is 48.7 Å². The lowest BCUT2D eigenvalue weighted by Gasteiger charge is -2.21. The van der Waals surface area contributed by atoms with Crippen molar-refractivity contribution in [2.24, 2.45) is 0 Å². The van der Waals surface area contributed by atoms with E-state index in [2.05, 4.69) is 20.9 Å². The van der Waals surface area contributed by atoms with Gasteiger partial charge in [-0.05, 0) is 48.9 Å². The van der Waals surface area contributed by atoms with Gasteiger partial charge in [-0.2, -0.15) is 0 Å². The minimum atomic E-state index is -1.16. The summed E-state index contributed by atoms with van der Waals surface area (Å²) in [6, 6.07) is 17.1. The van der Waals surface area contributed by atoms with Crippen LogP contribution in [0.2, 0.25) is 0 Å². The molecule has 0 saturated heterocycles. The van der Waals surface area contributed by atoms with Crippen molar-refractivity contribution >= 4 is 23.5 Å². The number of nitrogens with one attached hydrogen (secondary N) is 3. The molecule has 3 amide bonds. The molecule has 0 aliphatic heterocycles. The molecule has 9 nitrogen and oxygen atoms in total. The zero-order valence-electron chi connectivity index (χ0n) is 20.1. The Morgan fingerprint density at radius 2 is 1.62 bits per heavy atom. The maximum atomic E-state index is 13.0. The summed E-state index contributed by atoms with van der Waals surface area (Å²) in [6.07, 6.45) is 1.65. The van der Waals surface area contributed by atoms with E-state index in [0.29, 0.717) is 11.4 Å². The van der Waals surface area contributed by atoms with Crippen LogP contribution < -0.4 is 20.7 Å². The summed E-state index contributed by atoms with van der Waals surface area (Å²) in [5.74, 6) is -3.08. The first-order chi connectivity index (χ1) is 17.8. The van der Waals surface area contributed by atoms with Gasteiger partial charge in [-0.25, -0.2) is 4.39 Å². The molecule has 0 unspecified atom stereocenters. The minimum absolute atomic E-state index is 0.0535. The maximum absolute atomic E-state index is 13.0. The van der Waals surface area contributed by atoms with Crippen LogP contribution in [0.5, 0.6) is 5.75 Å². The molecule has 3 rings (SSSR count). The van der Waals surface area contributed by atoms with Gasteiger partial charge in [0.05, 0.1) is 12.2 Å². The normalized spacial score (nSPS) is 12.1. The summed E-state index contributed by atoms with van der Waals surface area (Å²) in [4.78, 5) is 54.6. The van der Waals surface area contributed by atoms with Crippen LogP contribution in [0, 0.1) is 5.82 Å². The summed E-state index contributed by atoms with van der Waals surface area (Å²) in [7, 11) is 0. The van der Waals surface area contributed by atoms with Gasteiger partial charge in [0, 0.05) is 12.6 Å². The fourth-order valence-corrected chi connectivity index (χ4v) is 3.30. The average molecular weight is 507 g/mol. The first-order valence-electron chi connectivity index (χ1n) is 11.6. The van der Waals surface area contributed by atoms with Gasteiger partial charge in [-0.3, -0.25) is 24.2 Å². The van der Waals surface area contributed by atoms with Crippen LogP contribution in [0.4, 0.5) is 4.39 Å². The van der Waals surface area contributed by atoms with Crippen LogP contribution >= 0.6 is 0 Å². The molecule has 1 heterocycles. The first kappa shape index (κ1) is 27.0. The number of pyridine rings is 1. The lowest BCUT2D eigenvalue weighted by molar-refractivity contribution is -0.140. The Labute approximate surface area is 213 Å². The molecule has 0 aliphatic rings. The number of amides is 3. The Balaban J connectivity index is 1.58. The van der Waals surface area contributed by atoms with E-state index in [0.717, 1.165) is 5.56 Å². The van der Waals surface area contributed by atoms with Crippen molar-refractivity contribution in [1.29, 1.82) is 0 Å². The van der Waals surface area contributed by atoms with Gasteiger partial charge in [0.15, 0.2) is 6.61 Å². The highest BCUT2D eigenvalue weighted by Gasteiger charge is 2.29. The SMILES string of the molecule is C[C@@H](NC(=O)COc1ccc(F)cc1)C(=O)N[C@H](Cc1ccccc1)C(=O)C(=O)NCc1ccccn1. The number of benzene rings is 2. The molecule has 2 atom stereocenters. The van der Waals surface area contributed by atoms with Crippen molar-refractivity contribution in [3.63, 3.8) is 0 Å². The lowest BCUT2D eigenvalue weighted by Crippen LogP contribution is -2.54. The Bertz CT molecular complexity index is 1210. The van der Waals surface area contributed by atoms with Gasteiger partial charge in [-0.1, -0.05) is 36.4 Å². The second-order valence-corrected chi connectivity index (χ2v) is 8.15. The first-order valence-corrected chi connectivity index (χ1v) is 11.6. The number of Topliss-reactive ketones (excluding diaryl/α,β-unsaturated/α-hetero) is 1. The Morgan fingerprint density at radius 1 is 0.919 bits per heavy atom. The molecule has 0 saturated carbocycles. The third kappa shape index (κ3) is 8.84. The van der Waals surface area contributed by atoms with E-state index in [9.17, 15) is 23.6 Å². The number of hydrogen-bond acceptors (Lipinski definition) is 6. The highest BCUT2D eigenvalue weighted by atomic mass is 19.1. The molecular weight excluding hydrogens is 479 g/mol. The molecule has 0 spiro atoms. The third-order valence-corrected chi connectivity index (χ3v) is 5.25. The van der Waals surface area contributed by atoms with Crippen LogP contribution in [-0.4, -0.2) is 47.2 Å². The highest BCUT2D eigenvalue weighted by Crippen LogP contribution is 2.10. The highest BCUT2D eigenvalue weighted by molar-refractivity contribution is 6.38. The van der Waals surface area contributed by atoms with E-state index in [-0.39, 0.29) is 13.0 Å². The van der Waals surface area contributed by atoms with Crippen LogP contribution in [-0.2, 0) is 32.1 Å². The van der Waals surface area contributed by atoms with Crippen molar-refractivity contribution in [3.8, 4) is 5.75 Å². The molecule has 0 bridgehead atoms. The summed E-state index contributed by atoms with van der Waals surface area (Å²) in [6.45, 7) is 1.10. The third-order valence-electron chi connectivity index (χ3n) is 5.25. The van der Waals surface area contributed by atoms with E-state index in [1.807, 2.05) is 6.07 Å².